The maximum atomic E-state index is 12.9. The Morgan fingerprint density at radius 2 is 1.68 bits per heavy atom. The lowest BCUT2D eigenvalue weighted by atomic mass is 10.0. The fourth-order valence-electron chi connectivity index (χ4n) is 4.59. The van der Waals surface area contributed by atoms with Crippen molar-refractivity contribution in [2.75, 3.05) is 5.75 Å². The highest BCUT2D eigenvalue weighted by Crippen LogP contribution is 2.48. The quantitative estimate of drug-likeness (QED) is 0.252. The van der Waals surface area contributed by atoms with Crippen LogP contribution in [0.2, 0.25) is 5.02 Å². The van der Waals surface area contributed by atoms with Crippen LogP contribution in [0.5, 0.6) is 0 Å². The highest BCUT2D eigenvalue weighted by atomic mass is 35.5. The Balaban J connectivity index is 1.13. The second-order valence-corrected chi connectivity index (χ2v) is 12.1. The third kappa shape index (κ3) is 5.95. The molecule has 6 nitrogen and oxygen atoms in total. The Bertz CT molecular complexity index is 1620. The molecule has 0 N–H and O–H groups in total. The lowest BCUT2D eigenvalue weighted by Crippen LogP contribution is -2.18. The zero-order valence-electron chi connectivity index (χ0n) is 20.8. The number of aryl methyl sites for hydroxylation is 1. The molecule has 0 radical (unpaired) electrons. The van der Waals surface area contributed by atoms with Crippen molar-refractivity contribution in [3.05, 3.63) is 106 Å². The second kappa shape index (κ2) is 10.7. The molecule has 1 fully saturated rings. The zero-order valence-corrected chi connectivity index (χ0v) is 22.3. The summed E-state index contributed by atoms with van der Waals surface area (Å²) in [5.41, 5.74) is 3.68. The van der Waals surface area contributed by atoms with Crippen molar-refractivity contribution >= 4 is 44.0 Å². The van der Waals surface area contributed by atoms with Crippen molar-refractivity contribution in [3.8, 4) is 0 Å². The predicted molar refractivity (Wildman–Crippen MR) is 146 cm³/mol. The van der Waals surface area contributed by atoms with Gasteiger partial charge < -0.3 is 4.74 Å². The first-order valence-corrected chi connectivity index (χ1v) is 14.3. The number of fused-ring (bicyclic) bond motifs is 1. The van der Waals surface area contributed by atoms with E-state index in [4.69, 9.17) is 16.3 Å². The lowest BCUT2D eigenvalue weighted by Gasteiger charge is -2.08. The van der Waals surface area contributed by atoms with Gasteiger partial charge in [0.1, 0.15) is 12.4 Å². The molecule has 0 amide bonds. The summed E-state index contributed by atoms with van der Waals surface area (Å²) in [6, 6.07) is 19.7. The topological polar surface area (TPSA) is 90.4 Å². The first-order chi connectivity index (χ1) is 18.2. The van der Waals surface area contributed by atoms with Gasteiger partial charge in [-0.2, -0.15) is 0 Å². The Kier molecular flexibility index (Phi) is 7.32. The van der Waals surface area contributed by atoms with Gasteiger partial charge in [-0.3, -0.25) is 14.6 Å². The number of benzene rings is 3. The van der Waals surface area contributed by atoms with Gasteiger partial charge in [0.25, 0.3) is 0 Å². The van der Waals surface area contributed by atoms with Gasteiger partial charge in [0.2, 0.25) is 0 Å². The highest BCUT2D eigenvalue weighted by Gasteiger charge is 2.43. The van der Waals surface area contributed by atoms with Gasteiger partial charge in [0.15, 0.2) is 15.6 Å². The fourth-order valence-corrected chi connectivity index (χ4v) is 5.92. The van der Waals surface area contributed by atoms with Crippen molar-refractivity contribution in [1.29, 1.82) is 0 Å². The molecule has 1 saturated carbocycles. The summed E-state index contributed by atoms with van der Waals surface area (Å²) in [4.78, 5) is 29.3. The van der Waals surface area contributed by atoms with E-state index < -0.39 is 21.6 Å². The maximum Gasteiger partial charge on any atom is 0.321 e. The standard InChI is InChI=1S/C30H26ClNO5S/c1-19-2-10-24(11-3-19)38(35,36)18-30(34)37-17-20-4-7-22(8-5-20)25-14-27(25)29(33)13-21-6-9-23-15-32-16-28(31)26(23)12-21/h2-12,15-16,25,27H,13-14,17-18H2,1H3/t25-,27+/m0/s1. The minimum absolute atomic E-state index is 0.0183. The average Bonchev–Trinajstić information content (AvgIpc) is 3.70. The number of carbonyl (C=O) groups is 2. The van der Waals surface area contributed by atoms with Crippen LogP contribution in [0.4, 0.5) is 0 Å². The number of pyridine rings is 1. The number of hydrogen-bond donors (Lipinski definition) is 0. The third-order valence-corrected chi connectivity index (χ3v) is 8.76. The Hall–Kier alpha value is -3.55. The molecule has 0 unspecified atom stereocenters. The largest absolute Gasteiger partial charge is 0.460 e. The molecule has 194 valence electrons. The number of rotatable bonds is 9. The van der Waals surface area contributed by atoms with Crippen molar-refractivity contribution in [2.24, 2.45) is 5.92 Å². The molecule has 1 aromatic heterocycles. The van der Waals surface area contributed by atoms with Gasteiger partial charge in [0.05, 0.1) is 9.92 Å². The number of hydrogen-bond acceptors (Lipinski definition) is 6. The average molecular weight is 548 g/mol. The molecule has 0 aliphatic heterocycles. The molecule has 0 saturated heterocycles. The van der Waals surface area contributed by atoms with E-state index in [2.05, 4.69) is 4.98 Å². The monoisotopic (exact) mass is 547 g/mol. The predicted octanol–water partition coefficient (Wildman–Crippen LogP) is 5.63. The van der Waals surface area contributed by atoms with E-state index in [1.807, 2.05) is 49.4 Å². The van der Waals surface area contributed by atoms with Crippen LogP contribution >= 0.6 is 11.6 Å². The van der Waals surface area contributed by atoms with E-state index in [9.17, 15) is 18.0 Å². The maximum absolute atomic E-state index is 12.9. The van der Waals surface area contributed by atoms with Crippen molar-refractivity contribution in [2.45, 2.75) is 37.2 Å². The van der Waals surface area contributed by atoms with E-state index in [1.54, 1.807) is 24.5 Å². The van der Waals surface area contributed by atoms with Crippen LogP contribution < -0.4 is 0 Å². The van der Waals surface area contributed by atoms with Crippen LogP contribution in [0.15, 0.2) is 84.0 Å². The van der Waals surface area contributed by atoms with Crippen LogP contribution in [-0.4, -0.2) is 30.9 Å². The van der Waals surface area contributed by atoms with Crippen LogP contribution in [0, 0.1) is 12.8 Å². The molecular weight excluding hydrogens is 522 g/mol. The molecule has 3 aromatic carbocycles. The lowest BCUT2D eigenvalue weighted by molar-refractivity contribution is -0.141. The number of esters is 1. The van der Waals surface area contributed by atoms with Gasteiger partial charge in [-0.05, 0) is 54.2 Å². The summed E-state index contributed by atoms with van der Waals surface area (Å²) in [5, 5.41) is 2.40. The number of Topliss-reactive ketones (excluding diaryl/α,β-unsaturated/α-hetero) is 1. The molecule has 1 aliphatic rings. The Labute approximate surface area is 226 Å². The number of aromatic nitrogens is 1. The van der Waals surface area contributed by atoms with Crippen LogP contribution in [0.25, 0.3) is 10.8 Å². The van der Waals surface area contributed by atoms with Gasteiger partial charge in [-0.25, -0.2) is 8.42 Å². The number of halogens is 1. The molecule has 0 spiro atoms. The molecule has 4 aromatic rings. The van der Waals surface area contributed by atoms with Crippen molar-refractivity contribution in [3.63, 3.8) is 0 Å². The van der Waals surface area contributed by atoms with Crippen LogP contribution in [0.1, 0.15) is 34.6 Å². The highest BCUT2D eigenvalue weighted by molar-refractivity contribution is 7.92. The van der Waals surface area contributed by atoms with Gasteiger partial charge >= 0.3 is 5.97 Å². The SMILES string of the molecule is Cc1ccc(S(=O)(=O)CC(=O)OCc2ccc([C@@H]3C[C@H]3C(=O)Cc3ccc4cncc(Cl)c4c3)cc2)cc1. The van der Waals surface area contributed by atoms with E-state index in [1.165, 1.54) is 12.1 Å². The van der Waals surface area contributed by atoms with E-state index in [0.717, 1.165) is 39.4 Å². The normalized spacial score (nSPS) is 16.8. The molecule has 0 bridgehead atoms. The van der Waals surface area contributed by atoms with Gasteiger partial charge in [-0.1, -0.05) is 65.7 Å². The van der Waals surface area contributed by atoms with Crippen molar-refractivity contribution < 1.29 is 22.7 Å². The van der Waals surface area contributed by atoms with E-state index in [-0.39, 0.29) is 29.1 Å². The molecule has 2 atom stereocenters. The molecule has 1 heterocycles. The van der Waals surface area contributed by atoms with E-state index in [0.29, 0.717) is 11.4 Å². The number of sulfone groups is 1. The second-order valence-electron chi connectivity index (χ2n) is 9.74. The molecule has 5 rings (SSSR count). The number of ketones is 1. The summed E-state index contributed by atoms with van der Waals surface area (Å²) in [6.45, 7) is 1.84. The Morgan fingerprint density at radius 1 is 0.974 bits per heavy atom. The molecule has 8 heteroatoms. The third-order valence-electron chi connectivity index (χ3n) is 6.85. The fraction of sp³-hybridized carbons (Fsp3) is 0.233. The van der Waals surface area contributed by atoms with Crippen molar-refractivity contribution in [1.82, 2.24) is 4.98 Å². The molecule has 1 aliphatic carbocycles. The van der Waals surface area contributed by atoms with Crippen LogP contribution in [0.3, 0.4) is 0 Å². The summed E-state index contributed by atoms with van der Waals surface area (Å²) in [6.07, 6.45) is 4.52. The number of nitrogens with zero attached hydrogens (tertiary/aromatic N) is 1. The minimum Gasteiger partial charge on any atom is -0.460 e. The summed E-state index contributed by atoms with van der Waals surface area (Å²) in [5.74, 6) is -1.15. The van der Waals surface area contributed by atoms with Crippen LogP contribution in [-0.2, 0) is 37.2 Å². The van der Waals surface area contributed by atoms with E-state index >= 15 is 0 Å². The Morgan fingerprint density at radius 3 is 2.42 bits per heavy atom. The number of ether oxygens (including phenoxy) is 1. The van der Waals surface area contributed by atoms with Gasteiger partial charge in [0, 0.05) is 35.5 Å². The minimum atomic E-state index is -3.76. The summed E-state index contributed by atoms with van der Waals surface area (Å²) in [7, 11) is -3.76. The zero-order chi connectivity index (χ0) is 26.9. The summed E-state index contributed by atoms with van der Waals surface area (Å²) < 4.78 is 30.1. The molecule has 38 heavy (non-hydrogen) atoms. The van der Waals surface area contributed by atoms with Gasteiger partial charge in [-0.15, -0.1) is 0 Å². The smallest absolute Gasteiger partial charge is 0.321 e. The summed E-state index contributed by atoms with van der Waals surface area (Å²) >= 11 is 6.25. The number of carbonyl (C=O) groups excluding carboxylic acids is 2. The molecular formula is C30H26ClNO5S. The first-order valence-electron chi connectivity index (χ1n) is 12.3. The first kappa shape index (κ1) is 26.1.